The second kappa shape index (κ2) is 21.6. The Morgan fingerprint density at radius 1 is 0.349 bits per heavy atom. The highest BCUT2D eigenvalue weighted by atomic mass is 32.1. The van der Waals surface area contributed by atoms with Crippen LogP contribution in [0.4, 0.5) is 42.9 Å². The molecule has 12 aromatic carbocycles. The highest BCUT2D eigenvalue weighted by molar-refractivity contribution is 7.26. The number of aromatic nitrogens is 1. The maximum atomic E-state index is 16.6. The van der Waals surface area contributed by atoms with Crippen LogP contribution < -0.4 is 9.80 Å². The van der Waals surface area contributed by atoms with Crippen LogP contribution in [-0.4, -0.2) is 4.98 Å². The molecule has 0 amide bonds. The van der Waals surface area contributed by atoms with Crippen LogP contribution in [0.25, 0.3) is 98.1 Å². The van der Waals surface area contributed by atoms with Crippen molar-refractivity contribution in [3.8, 4) is 77.9 Å². The van der Waals surface area contributed by atoms with Crippen molar-refractivity contribution >= 4 is 65.6 Å². The van der Waals surface area contributed by atoms with E-state index < -0.39 is 5.41 Å². The van der Waals surface area contributed by atoms with Gasteiger partial charge in [0.2, 0.25) is 0 Å². The van der Waals surface area contributed by atoms with Crippen LogP contribution in [0.2, 0.25) is 0 Å². The van der Waals surface area contributed by atoms with Gasteiger partial charge in [0.1, 0.15) is 11.6 Å². The fourth-order valence-electron chi connectivity index (χ4n) is 12.9. The molecule has 0 fully saturated rings. The van der Waals surface area contributed by atoms with E-state index in [0.29, 0.717) is 11.1 Å². The number of hydrogen-bond donors (Lipinski definition) is 0. The second-order valence-corrected chi connectivity index (χ2v) is 23.7. The summed E-state index contributed by atoms with van der Waals surface area (Å²) in [6.45, 7) is 4.66. The summed E-state index contributed by atoms with van der Waals surface area (Å²) in [5.41, 5.74) is 20.4. The molecular formula is C80H55F2N3S. The number of halogens is 2. The molecule has 1 aliphatic carbocycles. The summed E-state index contributed by atoms with van der Waals surface area (Å²) >= 11 is 1.79. The minimum absolute atomic E-state index is 0.280. The lowest BCUT2D eigenvalue weighted by molar-refractivity contribution is 0.631. The Kier molecular flexibility index (Phi) is 13.1. The first kappa shape index (κ1) is 52.3. The molecule has 0 saturated heterocycles. The van der Waals surface area contributed by atoms with Crippen molar-refractivity contribution in [2.45, 2.75) is 19.3 Å². The predicted octanol–water partition coefficient (Wildman–Crippen LogP) is 23.0. The number of hydrogen-bond acceptors (Lipinski definition) is 4. The van der Waals surface area contributed by atoms with Crippen LogP contribution in [0.15, 0.2) is 298 Å². The molecular weight excluding hydrogens is 1070 g/mol. The fourth-order valence-corrected chi connectivity index (χ4v) is 14.0. The van der Waals surface area contributed by atoms with E-state index in [1.165, 1.54) is 10.9 Å². The largest absolute Gasteiger partial charge is 0.310 e. The number of benzene rings is 12. The van der Waals surface area contributed by atoms with E-state index in [2.05, 4.69) is 175 Å². The summed E-state index contributed by atoms with van der Waals surface area (Å²) in [4.78, 5) is 9.47. The number of nitrogens with zero attached hydrogens (tertiary/aromatic N) is 3. The lowest BCUT2D eigenvalue weighted by Gasteiger charge is -2.30. The lowest BCUT2D eigenvalue weighted by atomic mass is 9.80. The standard InChI is InChI=1S/C80H55F2N3S/c1-80(2)71-51-83-42-41-69(71)77-74(85(64-33-16-28-57(44-64)53-21-9-4-10-22-53)65-34-18-30-61(46-65)68-39-36-59(48-73(68)82)55-25-13-6-14-26-55)50-76-78(79(77)80)70-49-66(37-40-75(70)86-76)84(62-31-15-27-56(43-62)52-19-7-3-8-20-52)63-32-17-29-60(45-63)67-38-35-58(47-72(67)81)54-23-11-5-12-24-54/h3-51H,1-2H3. The molecule has 0 N–H and O–H groups in total. The number of thiophene rings is 1. The van der Waals surface area contributed by atoms with Crippen LogP contribution in [0.3, 0.4) is 0 Å². The first-order valence-corrected chi connectivity index (χ1v) is 29.8. The van der Waals surface area contributed by atoms with Crippen LogP contribution in [0.1, 0.15) is 25.0 Å². The molecule has 15 rings (SSSR count). The molecule has 1 aliphatic rings. The molecule has 410 valence electrons. The van der Waals surface area contributed by atoms with Crippen molar-refractivity contribution in [1.29, 1.82) is 0 Å². The Hall–Kier alpha value is -10.5. The van der Waals surface area contributed by atoms with E-state index in [-0.39, 0.29) is 11.6 Å². The van der Waals surface area contributed by atoms with Crippen molar-refractivity contribution < 1.29 is 8.78 Å². The molecule has 0 radical (unpaired) electrons. The van der Waals surface area contributed by atoms with Gasteiger partial charge in [-0.2, -0.15) is 0 Å². The van der Waals surface area contributed by atoms with Gasteiger partial charge in [-0.25, -0.2) is 8.78 Å². The minimum Gasteiger partial charge on any atom is -0.310 e. The summed E-state index contributed by atoms with van der Waals surface area (Å²) in [5.74, 6) is -0.564. The zero-order valence-corrected chi connectivity index (χ0v) is 48.1. The summed E-state index contributed by atoms with van der Waals surface area (Å²) in [6.07, 6.45) is 3.95. The molecule has 86 heavy (non-hydrogen) atoms. The number of pyridine rings is 1. The minimum atomic E-state index is -0.488. The van der Waals surface area contributed by atoms with Crippen LogP contribution in [-0.2, 0) is 5.41 Å². The van der Waals surface area contributed by atoms with Crippen molar-refractivity contribution in [2.24, 2.45) is 0 Å². The monoisotopic (exact) mass is 1130 g/mol. The molecule has 6 heteroatoms. The van der Waals surface area contributed by atoms with Gasteiger partial charge in [0.15, 0.2) is 0 Å². The summed E-state index contributed by atoms with van der Waals surface area (Å²) in [5, 5.41) is 2.32. The number of fused-ring (bicyclic) bond motifs is 7. The Labute approximate surface area is 503 Å². The van der Waals surface area contributed by atoms with E-state index in [1.54, 1.807) is 23.5 Å². The molecule has 0 spiro atoms. The van der Waals surface area contributed by atoms with E-state index in [1.807, 2.05) is 134 Å². The van der Waals surface area contributed by atoms with Gasteiger partial charge in [-0.15, -0.1) is 11.3 Å². The fraction of sp³-hybridized carbons (Fsp3) is 0.0375. The van der Waals surface area contributed by atoms with E-state index >= 15 is 8.78 Å². The van der Waals surface area contributed by atoms with Gasteiger partial charge < -0.3 is 9.80 Å². The molecule has 0 bridgehead atoms. The maximum Gasteiger partial charge on any atom is 0.131 e. The molecule has 14 aromatic rings. The van der Waals surface area contributed by atoms with Crippen molar-refractivity contribution in [2.75, 3.05) is 9.80 Å². The third kappa shape index (κ3) is 9.32. The topological polar surface area (TPSA) is 19.4 Å². The molecule has 2 heterocycles. The van der Waals surface area contributed by atoms with Crippen molar-refractivity contribution in [3.63, 3.8) is 0 Å². The highest BCUT2D eigenvalue weighted by Gasteiger charge is 2.41. The summed E-state index contributed by atoms with van der Waals surface area (Å²) in [6, 6.07) is 97.3. The summed E-state index contributed by atoms with van der Waals surface area (Å²) < 4.78 is 35.4. The zero-order chi connectivity index (χ0) is 57.9. The Balaban J connectivity index is 0.933. The number of anilines is 6. The second-order valence-electron chi connectivity index (χ2n) is 22.6. The van der Waals surface area contributed by atoms with E-state index in [9.17, 15) is 0 Å². The molecule has 0 unspecified atom stereocenters. The Morgan fingerprint density at radius 2 is 0.767 bits per heavy atom. The van der Waals surface area contributed by atoms with E-state index in [0.717, 1.165) is 121 Å². The molecule has 0 saturated carbocycles. The summed E-state index contributed by atoms with van der Waals surface area (Å²) in [7, 11) is 0. The number of rotatable bonds is 12. The van der Waals surface area contributed by atoms with Gasteiger partial charge in [-0.1, -0.05) is 208 Å². The Bertz CT molecular complexity index is 4880. The molecule has 3 nitrogen and oxygen atoms in total. The molecule has 0 atom stereocenters. The highest BCUT2D eigenvalue weighted by Crippen LogP contribution is 2.59. The van der Waals surface area contributed by atoms with Crippen LogP contribution in [0.5, 0.6) is 0 Å². The van der Waals surface area contributed by atoms with Gasteiger partial charge in [0.05, 0.1) is 5.69 Å². The van der Waals surface area contributed by atoms with Gasteiger partial charge >= 0.3 is 0 Å². The molecule has 2 aromatic heterocycles. The Morgan fingerprint density at radius 3 is 1.24 bits per heavy atom. The SMILES string of the molecule is CC1(C)c2cnccc2-c2c(N(c3cccc(-c4ccccc4)c3)c3cccc(-c4ccc(-c5ccccc5)cc4F)c3)cc3sc4ccc(N(c5cccc(-c6ccccc6)c5)c5cccc(-c6ccc(-c7ccccc7)cc6F)c5)cc4c3c21. The average molecular weight is 1130 g/mol. The first-order chi connectivity index (χ1) is 42.2. The van der Waals surface area contributed by atoms with Crippen molar-refractivity contribution in [3.05, 3.63) is 320 Å². The quantitative estimate of drug-likeness (QED) is 0.122. The third-order valence-corrected chi connectivity index (χ3v) is 18.1. The van der Waals surface area contributed by atoms with Gasteiger partial charge in [-0.05, 0) is 163 Å². The smallest absolute Gasteiger partial charge is 0.131 e. The normalized spacial score (nSPS) is 12.3. The van der Waals surface area contributed by atoms with Gasteiger partial charge in [0.25, 0.3) is 0 Å². The van der Waals surface area contributed by atoms with Gasteiger partial charge in [-0.3, -0.25) is 4.98 Å². The van der Waals surface area contributed by atoms with Crippen molar-refractivity contribution in [1.82, 2.24) is 4.98 Å². The third-order valence-electron chi connectivity index (χ3n) is 17.0. The lowest BCUT2D eigenvalue weighted by Crippen LogP contribution is -2.17. The van der Waals surface area contributed by atoms with E-state index in [4.69, 9.17) is 4.98 Å². The van der Waals surface area contributed by atoms with Crippen LogP contribution >= 0.6 is 11.3 Å². The van der Waals surface area contributed by atoms with Gasteiger partial charge in [0, 0.05) is 83.1 Å². The zero-order valence-electron chi connectivity index (χ0n) is 47.3. The molecule has 0 aliphatic heterocycles. The first-order valence-electron chi connectivity index (χ1n) is 29.0. The predicted molar refractivity (Wildman–Crippen MR) is 357 cm³/mol. The average Bonchev–Trinajstić information content (AvgIpc) is 1.65. The maximum absolute atomic E-state index is 16.6. The van der Waals surface area contributed by atoms with Crippen LogP contribution in [0, 0.1) is 11.6 Å².